The number of nitrogens with zero attached hydrogens (tertiary/aromatic N) is 2. The van der Waals surface area contributed by atoms with Gasteiger partial charge in [-0.2, -0.15) is 5.10 Å². The van der Waals surface area contributed by atoms with Crippen LogP contribution in [0.5, 0.6) is 5.75 Å². The van der Waals surface area contributed by atoms with Gasteiger partial charge in [-0.05, 0) is 34.1 Å². The van der Waals surface area contributed by atoms with E-state index in [0.29, 0.717) is 10.0 Å². The number of phenolic OH excluding ortho intramolecular Hbond substituents is 1. The number of phenols is 1. The fourth-order valence-electron chi connectivity index (χ4n) is 1.64. The van der Waals surface area contributed by atoms with E-state index in [9.17, 15) is 20.0 Å². The number of nitrogens with one attached hydrogen (secondary N) is 1. The summed E-state index contributed by atoms with van der Waals surface area (Å²) in [6, 6.07) is 10.5. The van der Waals surface area contributed by atoms with Gasteiger partial charge in [0, 0.05) is 11.6 Å². The number of nitro groups is 1. The fraction of sp³-hybridized carbons (Fsp3) is 0. The van der Waals surface area contributed by atoms with Gasteiger partial charge in [0.05, 0.1) is 21.2 Å². The molecule has 0 heterocycles. The number of hydrogen-bond donors (Lipinski definition) is 2. The number of benzene rings is 2. The Morgan fingerprint density at radius 3 is 2.73 bits per heavy atom. The summed E-state index contributed by atoms with van der Waals surface area (Å²) in [6.45, 7) is 0. The average Bonchev–Trinajstić information content (AvgIpc) is 2.49. The molecule has 8 heteroatoms. The van der Waals surface area contributed by atoms with E-state index in [1.807, 2.05) is 0 Å². The van der Waals surface area contributed by atoms with Crippen LogP contribution >= 0.6 is 15.9 Å². The zero-order valence-electron chi connectivity index (χ0n) is 11.1. The lowest BCUT2D eigenvalue weighted by Crippen LogP contribution is -2.17. The summed E-state index contributed by atoms with van der Waals surface area (Å²) < 4.78 is 0.355. The standard InChI is InChI=1S/C14H10BrN3O4/c15-11-6-5-9(7-12(11)18(21)22)8-16-17-14(20)10-3-1-2-4-13(10)19/h1-8,19H,(H,17,20)/b16-8+. The highest BCUT2D eigenvalue weighted by Crippen LogP contribution is 2.24. The van der Waals surface area contributed by atoms with Crippen LogP contribution in [0.4, 0.5) is 5.69 Å². The maximum absolute atomic E-state index is 11.8. The molecule has 0 aromatic heterocycles. The van der Waals surface area contributed by atoms with Gasteiger partial charge in [-0.3, -0.25) is 14.9 Å². The third-order valence-corrected chi connectivity index (χ3v) is 3.37. The summed E-state index contributed by atoms with van der Waals surface area (Å²) in [4.78, 5) is 22.1. The summed E-state index contributed by atoms with van der Waals surface area (Å²) in [5, 5.41) is 24.1. The van der Waals surface area contributed by atoms with Gasteiger partial charge in [0.25, 0.3) is 11.6 Å². The first-order valence-corrected chi connectivity index (χ1v) is 6.83. The predicted molar refractivity (Wildman–Crippen MR) is 84.0 cm³/mol. The lowest BCUT2D eigenvalue weighted by Gasteiger charge is -2.02. The lowest BCUT2D eigenvalue weighted by molar-refractivity contribution is -0.385. The van der Waals surface area contributed by atoms with Gasteiger partial charge in [0.15, 0.2) is 0 Å². The van der Waals surface area contributed by atoms with Crippen LogP contribution in [-0.4, -0.2) is 22.2 Å². The summed E-state index contributed by atoms with van der Waals surface area (Å²) >= 11 is 3.08. The minimum absolute atomic E-state index is 0.0847. The average molecular weight is 364 g/mol. The number of nitro benzene ring substituents is 1. The maximum atomic E-state index is 11.8. The van der Waals surface area contributed by atoms with Crippen molar-refractivity contribution >= 4 is 33.7 Å². The second-order valence-electron chi connectivity index (χ2n) is 4.18. The SMILES string of the molecule is O=C(N/N=C/c1ccc(Br)c([N+](=O)[O-])c1)c1ccccc1O. The summed E-state index contributed by atoms with van der Waals surface area (Å²) in [7, 11) is 0. The number of hydrogen-bond acceptors (Lipinski definition) is 5. The lowest BCUT2D eigenvalue weighted by atomic mass is 10.2. The van der Waals surface area contributed by atoms with E-state index in [-0.39, 0.29) is 17.0 Å². The topological polar surface area (TPSA) is 105 Å². The van der Waals surface area contributed by atoms with Crippen LogP contribution in [0.3, 0.4) is 0 Å². The minimum Gasteiger partial charge on any atom is -0.507 e. The molecule has 0 atom stereocenters. The number of amides is 1. The second kappa shape index (κ2) is 6.81. The number of aromatic hydroxyl groups is 1. The van der Waals surface area contributed by atoms with Gasteiger partial charge in [0.2, 0.25) is 0 Å². The molecule has 7 nitrogen and oxygen atoms in total. The number of carbonyl (C=O) groups excluding carboxylic acids is 1. The molecule has 0 saturated heterocycles. The molecule has 112 valence electrons. The van der Waals surface area contributed by atoms with E-state index in [2.05, 4.69) is 26.5 Å². The quantitative estimate of drug-likeness (QED) is 0.494. The summed E-state index contributed by atoms with van der Waals surface area (Å²) in [5.41, 5.74) is 2.68. The van der Waals surface area contributed by atoms with Gasteiger partial charge in [-0.25, -0.2) is 5.43 Å². The highest BCUT2D eigenvalue weighted by Gasteiger charge is 2.12. The van der Waals surface area contributed by atoms with Crippen LogP contribution in [0.25, 0.3) is 0 Å². The molecule has 1 amide bonds. The van der Waals surface area contributed by atoms with Crippen LogP contribution in [0, 0.1) is 10.1 Å². The second-order valence-corrected chi connectivity index (χ2v) is 5.04. The third kappa shape index (κ3) is 3.67. The largest absolute Gasteiger partial charge is 0.507 e. The molecule has 2 aromatic carbocycles. The molecule has 2 rings (SSSR count). The van der Waals surface area contributed by atoms with E-state index in [4.69, 9.17) is 0 Å². The highest BCUT2D eigenvalue weighted by atomic mass is 79.9. The van der Waals surface area contributed by atoms with Gasteiger partial charge >= 0.3 is 0 Å². The van der Waals surface area contributed by atoms with Gasteiger partial charge in [-0.1, -0.05) is 18.2 Å². The van der Waals surface area contributed by atoms with Gasteiger partial charge in [0.1, 0.15) is 5.75 Å². The van der Waals surface area contributed by atoms with Gasteiger partial charge < -0.3 is 5.11 Å². The zero-order chi connectivity index (χ0) is 16.1. The smallest absolute Gasteiger partial charge is 0.284 e. The first-order chi connectivity index (χ1) is 10.5. The highest BCUT2D eigenvalue weighted by molar-refractivity contribution is 9.10. The molecule has 2 aromatic rings. The Morgan fingerprint density at radius 2 is 2.05 bits per heavy atom. The van der Waals surface area contributed by atoms with Crippen molar-refractivity contribution in [3.63, 3.8) is 0 Å². The van der Waals surface area contributed by atoms with Crippen molar-refractivity contribution in [3.05, 3.63) is 68.2 Å². The molecule has 0 radical (unpaired) electrons. The number of hydrazone groups is 1. The number of para-hydroxylation sites is 1. The van der Waals surface area contributed by atoms with Crippen molar-refractivity contribution in [2.24, 2.45) is 5.10 Å². The van der Waals surface area contributed by atoms with Crippen LogP contribution in [0.15, 0.2) is 52.0 Å². The van der Waals surface area contributed by atoms with Crippen LogP contribution < -0.4 is 5.43 Å². The number of rotatable bonds is 4. The van der Waals surface area contributed by atoms with Crippen molar-refractivity contribution in [2.75, 3.05) is 0 Å². The van der Waals surface area contributed by atoms with Crippen molar-refractivity contribution in [2.45, 2.75) is 0 Å². The number of carbonyl (C=O) groups is 1. The first kappa shape index (κ1) is 15.6. The Morgan fingerprint density at radius 1 is 1.32 bits per heavy atom. The minimum atomic E-state index is -0.582. The number of halogens is 1. The zero-order valence-corrected chi connectivity index (χ0v) is 12.6. The summed E-state index contributed by atoms with van der Waals surface area (Å²) in [5.74, 6) is -0.740. The van der Waals surface area contributed by atoms with Crippen LogP contribution in [0.1, 0.15) is 15.9 Å². The summed E-state index contributed by atoms with van der Waals surface area (Å²) in [6.07, 6.45) is 1.28. The van der Waals surface area contributed by atoms with Crippen molar-refractivity contribution < 1.29 is 14.8 Å². The molecular formula is C14H10BrN3O4. The fourth-order valence-corrected chi connectivity index (χ4v) is 2.03. The van der Waals surface area contributed by atoms with Crippen molar-refractivity contribution in [1.82, 2.24) is 5.43 Å². The normalized spacial score (nSPS) is 10.6. The molecular weight excluding hydrogens is 354 g/mol. The Hall–Kier alpha value is -2.74. The molecule has 0 aliphatic rings. The van der Waals surface area contributed by atoms with Gasteiger partial charge in [-0.15, -0.1) is 0 Å². The van der Waals surface area contributed by atoms with E-state index < -0.39 is 10.8 Å². The van der Waals surface area contributed by atoms with E-state index in [0.717, 1.165) is 0 Å². The third-order valence-electron chi connectivity index (χ3n) is 2.70. The van der Waals surface area contributed by atoms with E-state index in [1.54, 1.807) is 18.2 Å². The molecule has 0 unspecified atom stereocenters. The monoisotopic (exact) mass is 363 g/mol. The maximum Gasteiger partial charge on any atom is 0.284 e. The Labute approximate surface area is 133 Å². The van der Waals surface area contributed by atoms with E-state index >= 15 is 0 Å². The molecule has 0 spiro atoms. The molecule has 0 aliphatic carbocycles. The molecule has 0 bridgehead atoms. The van der Waals surface area contributed by atoms with Crippen molar-refractivity contribution in [3.8, 4) is 5.75 Å². The van der Waals surface area contributed by atoms with Crippen LogP contribution in [-0.2, 0) is 0 Å². The molecule has 2 N–H and O–H groups in total. The molecule has 0 saturated carbocycles. The van der Waals surface area contributed by atoms with Crippen LogP contribution in [0.2, 0.25) is 0 Å². The Bertz CT molecular complexity index is 762. The van der Waals surface area contributed by atoms with Crippen molar-refractivity contribution in [1.29, 1.82) is 0 Å². The predicted octanol–water partition coefficient (Wildman–Crippen LogP) is 2.83. The molecule has 22 heavy (non-hydrogen) atoms. The Balaban J connectivity index is 2.10. The molecule has 0 fully saturated rings. The Kier molecular flexibility index (Phi) is 4.84. The van der Waals surface area contributed by atoms with E-state index in [1.165, 1.54) is 30.5 Å². The molecule has 0 aliphatic heterocycles. The first-order valence-electron chi connectivity index (χ1n) is 6.04.